The van der Waals surface area contributed by atoms with Crippen LogP contribution in [0.2, 0.25) is 0 Å². The van der Waals surface area contributed by atoms with Crippen LogP contribution < -0.4 is 4.90 Å². The summed E-state index contributed by atoms with van der Waals surface area (Å²) in [5.74, 6) is 0.883. The van der Waals surface area contributed by atoms with E-state index in [9.17, 15) is 4.79 Å². The Hall–Kier alpha value is -2.37. The first-order chi connectivity index (χ1) is 11.3. The molecular weight excluding hydrogens is 292 g/mol. The van der Waals surface area contributed by atoms with E-state index < -0.39 is 0 Å². The molecule has 2 saturated heterocycles. The second kappa shape index (κ2) is 5.68. The zero-order valence-electron chi connectivity index (χ0n) is 13.0. The number of aromatic nitrogens is 2. The van der Waals surface area contributed by atoms with E-state index in [0.717, 1.165) is 51.3 Å². The van der Waals surface area contributed by atoms with Crippen molar-refractivity contribution in [2.45, 2.75) is 31.2 Å². The fraction of sp³-hybridized carbons (Fsp3) is 0.471. The lowest BCUT2D eigenvalue weighted by molar-refractivity contribution is 0.0671. The van der Waals surface area contributed by atoms with Crippen molar-refractivity contribution in [2.24, 2.45) is 0 Å². The highest BCUT2D eigenvalue weighted by Gasteiger charge is 2.45. The zero-order chi connectivity index (χ0) is 15.7. The summed E-state index contributed by atoms with van der Waals surface area (Å²) in [5, 5.41) is 0. The molecule has 1 spiro atoms. The molecule has 0 radical (unpaired) electrons. The smallest absolute Gasteiger partial charge is 0.257 e. The Balaban J connectivity index is 1.49. The van der Waals surface area contributed by atoms with Crippen LogP contribution in [-0.4, -0.2) is 45.9 Å². The molecule has 0 atom stereocenters. The quantitative estimate of drug-likeness (QED) is 0.852. The Morgan fingerprint density at radius 1 is 1.13 bits per heavy atom. The van der Waals surface area contributed by atoms with Crippen molar-refractivity contribution in [3.8, 4) is 0 Å². The number of furan rings is 1. The first kappa shape index (κ1) is 14.2. The van der Waals surface area contributed by atoms with E-state index in [4.69, 9.17) is 4.42 Å². The fourth-order valence-corrected chi connectivity index (χ4v) is 3.90. The topological polar surface area (TPSA) is 62.5 Å². The molecule has 2 fully saturated rings. The van der Waals surface area contributed by atoms with Crippen LogP contribution in [-0.2, 0) is 0 Å². The molecule has 0 N–H and O–H groups in total. The average molecular weight is 312 g/mol. The highest BCUT2D eigenvalue weighted by molar-refractivity contribution is 5.93. The minimum absolute atomic E-state index is 0.0640. The third-order valence-corrected chi connectivity index (χ3v) is 5.14. The number of carbonyl (C=O) groups is 1. The molecule has 0 unspecified atom stereocenters. The lowest BCUT2D eigenvalue weighted by atomic mass is 9.85. The van der Waals surface area contributed by atoms with Gasteiger partial charge in [-0.1, -0.05) is 0 Å². The monoisotopic (exact) mass is 312 g/mol. The summed E-state index contributed by atoms with van der Waals surface area (Å²) >= 11 is 0. The molecule has 120 valence electrons. The van der Waals surface area contributed by atoms with Crippen LogP contribution in [0.3, 0.4) is 0 Å². The molecule has 6 heteroatoms. The molecule has 2 aromatic heterocycles. The van der Waals surface area contributed by atoms with Gasteiger partial charge in [0.2, 0.25) is 5.95 Å². The van der Waals surface area contributed by atoms with Gasteiger partial charge in [0.15, 0.2) is 0 Å². The lowest BCUT2D eigenvalue weighted by Gasteiger charge is -2.44. The molecule has 2 aliphatic heterocycles. The van der Waals surface area contributed by atoms with Crippen LogP contribution in [0, 0.1) is 0 Å². The van der Waals surface area contributed by atoms with Crippen molar-refractivity contribution in [1.82, 2.24) is 14.9 Å². The number of anilines is 1. The van der Waals surface area contributed by atoms with Crippen LogP contribution in [0.5, 0.6) is 0 Å². The fourth-order valence-electron chi connectivity index (χ4n) is 3.90. The minimum Gasteiger partial charge on any atom is -0.472 e. The highest BCUT2D eigenvalue weighted by Crippen LogP contribution is 2.40. The number of amides is 1. The van der Waals surface area contributed by atoms with Crippen molar-refractivity contribution in [3.63, 3.8) is 0 Å². The number of hydrogen-bond acceptors (Lipinski definition) is 5. The first-order valence-corrected chi connectivity index (χ1v) is 8.15. The lowest BCUT2D eigenvalue weighted by Crippen LogP contribution is -2.53. The maximum absolute atomic E-state index is 12.4. The predicted molar refractivity (Wildman–Crippen MR) is 85.2 cm³/mol. The summed E-state index contributed by atoms with van der Waals surface area (Å²) in [6.07, 6.45) is 10.9. The molecule has 0 bridgehead atoms. The molecular formula is C17H20N4O2. The second-order valence-electron chi connectivity index (χ2n) is 6.33. The molecule has 0 aromatic carbocycles. The zero-order valence-corrected chi connectivity index (χ0v) is 13.0. The van der Waals surface area contributed by atoms with Gasteiger partial charge in [-0.2, -0.15) is 0 Å². The number of carbonyl (C=O) groups excluding carboxylic acids is 1. The van der Waals surface area contributed by atoms with Gasteiger partial charge in [0, 0.05) is 37.6 Å². The van der Waals surface area contributed by atoms with Gasteiger partial charge in [0.25, 0.3) is 5.91 Å². The van der Waals surface area contributed by atoms with E-state index in [2.05, 4.69) is 14.9 Å². The van der Waals surface area contributed by atoms with Crippen LogP contribution in [0.15, 0.2) is 41.5 Å². The van der Waals surface area contributed by atoms with Crippen molar-refractivity contribution in [1.29, 1.82) is 0 Å². The van der Waals surface area contributed by atoms with Gasteiger partial charge >= 0.3 is 0 Å². The molecule has 4 heterocycles. The maximum Gasteiger partial charge on any atom is 0.257 e. The van der Waals surface area contributed by atoms with Gasteiger partial charge in [0.1, 0.15) is 6.26 Å². The third kappa shape index (κ3) is 2.48. The molecule has 0 aliphatic carbocycles. The van der Waals surface area contributed by atoms with E-state index in [1.807, 2.05) is 11.0 Å². The van der Waals surface area contributed by atoms with Gasteiger partial charge in [-0.05, 0) is 37.8 Å². The van der Waals surface area contributed by atoms with Crippen molar-refractivity contribution >= 4 is 11.9 Å². The number of piperidine rings is 1. The normalized spacial score (nSPS) is 20.2. The average Bonchev–Trinajstić information content (AvgIpc) is 3.26. The van der Waals surface area contributed by atoms with Crippen molar-refractivity contribution in [3.05, 3.63) is 42.6 Å². The number of rotatable bonds is 2. The second-order valence-corrected chi connectivity index (χ2v) is 6.33. The summed E-state index contributed by atoms with van der Waals surface area (Å²) in [6.45, 7) is 2.54. The Morgan fingerprint density at radius 2 is 1.91 bits per heavy atom. The molecule has 6 nitrogen and oxygen atoms in total. The molecule has 0 saturated carbocycles. The Morgan fingerprint density at radius 3 is 2.61 bits per heavy atom. The van der Waals surface area contributed by atoms with Crippen LogP contribution in [0.25, 0.3) is 0 Å². The molecule has 23 heavy (non-hydrogen) atoms. The Kier molecular flexibility index (Phi) is 3.52. The molecule has 2 aromatic rings. The first-order valence-electron chi connectivity index (χ1n) is 8.15. The summed E-state index contributed by atoms with van der Waals surface area (Å²) in [6, 6.07) is 3.57. The molecule has 4 rings (SSSR count). The van der Waals surface area contributed by atoms with Crippen LogP contribution in [0.1, 0.15) is 36.0 Å². The number of nitrogens with zero attached hydrogens (tertiary/aromatic N) is 4. The molecule has 2 aliphatic rings. The van der Waals surface area contributed by atoms with Gasteiger partial charge in [-0.25, -0.2) is 9.97 Å². The highest BCUT2D eigenvalue weighted by atomic mass is 16.3. The predicted octanol–water partition coefficient (Wildman–Crippen LogP) is 2.34. The van der Waals surface area contributed by atoms with Gasteiger partial charge in [-0.15, -0.1) is 0 Å². The summed E-state index contributed by atoms with van der Waals surface area (Å²) in [7, 11) is 0. The van der Waals surface area contributed by atoms with Gasteiger partial charge in [-0.3, -0.25) is 4.79 Å². The number of hydrogen-bond donors (Lipinski definition) is 0. The van der Waals surface area contributed by atoms with E-state index >= 15 is 0 Å². The Bertz CT molecular complexity index is 663. The van der Waals surface area contributed by atoms with Gasteiger partial charge in [0.05, 0.1) is 11.8 Å². The van der Waals surface area contributed by atoms with Crippen LogP contribution in [0.4, 0.5) is 5.95 Å². The largest absolute Gasteiger partial charge is 0.472 e. The summed E-state index contributed by atoms with van der Waals surface area (Å²) < 4.78 is 5.02. The van der Waals surface area contributed by atoms with E-state index in [1.165, 1.54) is 6.26 Å². The minimum atomic E-state index is 0.0640. The van der Waals surface area contributed by atoms with Crippen molar-refractivity contribution < 1.29 is 9.21 Å². The van der Waals surface area contributed by atoms with E-state index in [-0.39, 0.29) is 11.4 Å². The Labute approximate surface area is 135 Å². The van der Waals surface area contributed by atoms with E-state index in [0.29, 0.717) is 5.56 Å². The molecule has 1 amide bonds. The third-order valence-electron chi connectivity index (χ3n) is 5.14. The van der Waals surface area contributed by atoms with Crippen LogP contribution >= 0.6 is 0 Å². The SMILES string of the molecule is O=C(c1ccoc1)N1CCC2(CCCN2c2ncccn2)CC1. The number of likely N-dealkylation sites (tertiary alicyclic amines) is 1. The summed E-state index contributed by atoms with van der Waals surface area (Å²) in [4.78, 5) is 25.6. The van der Waals surface area contributed by atoms with E-state index in [1.54, 1.807) is 24.7 Å². The standard InChI is InChI=1S/C17H20N4O2/c22-15(14-3-12-23-13-14)20-10-5-17(6-11-20)4-1-9-21(17)16-18-7-2-8-19-16/h2-3,7-8,12-13H,1,4-6,9-11H2. The van der Waals surface area contributed by atoms with Crippen molar-refractivity contribution in [2.75, 3.05) is 24.5 Å². The maximum atomic E-state index is 12.4. The van der Waals surface area contributed by atoms with Gasteiger partial charge < -0.3 is 14.2 Å². The summed E-state index contributed by atoms with van der Waals surface area (Å²) in [5.41, 5.74) is 0.741.